The fraction of sp³-hybridized carbons (Fsp3) is 0.538. The maximum Gasteiger partial charge on any atom is 0.169 e. The van der Waals surface area contributed by atoms with Crippen molar-refractivity contribution in [1.29, 1.82) is 0 Å². The van der Waals surface area contributed by atoms with Crippen molar-refractivity contribution >= 4 is 28.7 Å². The normalized spacial score (nSPS) is 14.8. The summed E-state index contributed by atoms with van der Waals surface area (Å²) in [6.45, 7) is 3.68. The molecule has 100 valence electrons. The standard InChI is InChI=1S/C13H19ClFN3/c1-2-5-18(7-8-3-4-8)13-10(17)6-9(16)11(14)12(13)15/h6,8H,2-5,7,16-17H2,1H3. The summed E-state index contributed by atoms with van der Waals surface area (Å²) in [6.07, 6.45) is 3.36. The molecule has 5 heteroatoms. The van der Waals surface area contributed by atoms with Gasteiger partial charge in [-0.2, -0.15) is 0 Å². The van der Waals surface area contributed by atoms with E-state index in [1.54, 1.807) is 0 Å². The van der Waals surface area contributed by atoms with Gasteiger partial charge in [-0.05, 0) is 31.2 Å². The van der Waals surface area contributed by atoms with Crippen LogP contribution in [0.25, 0.3) is 0 Å². The number of rotatable bonds is 5. The van der Waals surface area contributed by atoms with Gasteiger partial charge in [0.2, 0.25) is 0 Å². The van der Waals surface area contributed by atoms with Gasteiger partial charge in [0, 0.05) is 13.1 Å². The highest BCUT2D eigenvalue weighted by Gasteiger charge is 2.27. The zero-order valence-corrected chi connectivity index (χ0v) is 11.3. The third-order valence-electron chi connectivity index (χ3n) is 3.22. The van der Waals surface area contributed by atoms with Crippen LogP contribution in [0.15, 0.2) is 6.07 Å². The molecule has 0 atom stereocenters. The molecule has 0 aliphatic heterocycles. The molecule has 0 spiro atoms. The minimum atomic E-state index is -0.497. The molecule has 0 unspecified atom stereocenters. The van der Waals surface area contributed by atoms with Gasteiger partial charge in [-0.3, -0.25) is 0 Å². The first-order valence-corrected chi connectivity index (χ1v) is 6.70. The highest BCUT2D eigenvalue weighted by atomic mass is 35.5. The Balaban J connectivity index is 2.35. The van der Waals surface area contributed by atoms with Crippen molar-refractivity contribution < 1.29 is 4.39 Å². The molecule has 4 N–H and O–H groups in total. The third-order valence-corrected chi connectivity index (χ3v) is 3.61. The van der Waals surface area contributed by atoms with Crippen LogP contribution in [0.2, 0.25) is 5.02 Å². The lowest BCUT2D eigenvalue weighted by Crippen LogP contribution is -2.28. The average molecular weight is 272 g/mol. The molecular formula is C13H19ClFN3. The second-order valence-corrected chi connectivity index (χ2v) is 5.30. The Morgan fingerprint density at radius 1 is 1.39 bits per heavy atom. The SMILES string of the molecule is CCCN(CC1CC1)c1c(N)cc(N)c(Cl)c1F. The molecule has 0 heterocycles. The molecule has 18 heavy (non-hydrogen) atoms. The summed E-state index contributed by atoms with van der Waals surface area (Å²) in [5.41, 5.74) is 12.5. The molecular weight excluding hydrogens is 253 g/mol. The van der Waals surface area contributed by atoms with Crippen LogP contribution in [-0.2, 0) is 0 Å². The Morgan fingerprint density at radius 2 is 2.06 bits per heavy atom. The zero-order chi connectivity index (χ0) is 13.3. The number of hydrogen-bond donors (Lipinski definition) is 2. The van der Waals surface area contributed by atoms with E-state index in [2.05, 4.69) is 6.92 Å². The van der Waals surface area contributed by atoms with E-state index in [4.69, 9.17) is 23.1 Å². The second kappa shape index (κ2) is 5.22. The lowest BCUT2D eigenvalue weighted by Gasteiger charge is -2.27. The van der Waals surface area contributed by atoms with Crippen LogP contribution in [0.1, 0.15) is 26.2 Å². The molecule has 1 aliphatic rings. The molecule has 1 saturated carbocycles. The number of benzene rings is 1. The van der Waals surface area contributed by atoms with Gasteiger partial charge in [0.15, 0.2) is 5.82 Å². The van der Waals surface area contributed by atoms with Crippen molar-refractivity contribution in [3.8, 4) is 0 Å². The van der Waals surface area contributed by atoms with Gasteiger partial charge < -0.3 is 16.4 Å². The Bertz CT molecular complexity index is 446. The van der Waals surface area contributed by atoms with Gasteiger partial charge in [0.25, 0.3) is 0 Å². The van der Waals surface area contributed by atoms with Crippen LogP contribution in [0, 0.1) is 11.7 Å². The topological polar surface area (TPSA) is 55.3 Å². The van der Waals surface area contributed by atoms with Gasteiger partial charge in [-0.15, -0.1) is 0 Å². The molecule has 0 aromatic heterocycles. The van der Waals surface area contributed by atoms with E-state index in [9.17, 15) is 4.39 Å². The molecule has 3 nitrogen and oxygen atoms in total. The van der Waals surface area contributed by atoms with E-state index in [-0.39, 0.29) is 10.7 Å². The lowest BCUT2D eigenvalue weighted by atomic mass is 10.2. The fourth-order valence-corrected chi connectivity index (χ4v) is 2.30. The summed E-state index contributed by atoms with van der Waals surface area (Å²) in [5.74, 6) is 0.162. The number of halogens is 2. The Kier molecular flexibility index (Phi) is 3.85. The molecule has 2 rings (SSSR count). The first-order chi connectivity index (χ1) is 8.54. The minimum Gasteiger partial charge on any atom is -0.397 e. The summed E-state index contributed by atoms with van der Waals surface area (Å²) >= 11 is 5.87. The van der Waals surface area contributed by atoms with Gasteiger partial charge in [0.05, 0.1) is 17.1 Å². The van der Waals surface area contributed by atoms with Crippen molar-refractivity contribution in [2.75, 3.05) is 29.5 Å². The quantitative estimate of drug-likeness (QED) is 0.808. The van der Waals surface area contributed by atoms with Crippen molar-refractivity contribution in [3.05, 3.63) is 16.9 Å². The zero-order valence-electron chi connectivity index (χ0n) is 10.5. The van der Waals surface area contributed by atoms with Crippen molar-refractivity contribution in [1.82, 2.24) is 0 Å². The van der Waals surface area contributed by atoms with E-state index in [0.29, 0.717) is 17.3 Å². The third kappa shape index (κ3) is 2.64. The largest absolute Gasteiger partial charge is 0.397 e. The first-order valence-electron chi connectivity index (χ1n) is 6.32. The maximum atomic E-state index is 14.2. The molecule has 1 aromatic rings. The fourth-order valence-electron chi connectivity index (χ4n) is 2.15. The monoisotopic (exact) mass is 271 g/mol. The van der Waals surface area contributed by atoms with E-state index < -0.39 is 5.82 Å². The van der Waals surface area contributed by atoms with E-state index >= 15 is 0 Å². The number of nitrogens with two attached hydrogens (primary N) is 2. The minimum absolute atomic E-state index is 0.0314. The lowest BCUT2D eigenvalue weighted by molar-refractivity contribution is 0.610. The molecule has 1 aliphatic carbocycles. The Labute approximate surface area is 112 Å². The molecule has 0 radical (unpaired) electrons. The molecule has 1 fully saturated rings. The summed E-state index contributed by atoms with van der Waals surface area (Å²) < 4.78 is 14.2. The van der Waals surface area contributed by atoms with Gasteiger partial charge in [-0.1, -0.05) is 18.5 Å². The predicted molar refractivity (Wildman–Crippen MR) is 75.5 cm³/mol. The van der Waals surface area contributed by atoms with Gasteiger partial charge in [-0.25, -0.2) is 4.39 Å². The van der Waals surface area contributed by atoms with Crippen molar-refractivity contribution in [3.63, 3.8) is 0 Å². The van der Waals surface area contributed by atoms with Crippen LogP contribution in [0.5, 0.6) is 0 Å². The number of anilines is 3. The van der Waals surface area contributed by atoms with Crippen LogP contribution < -0.4 is 16.4 Å². The summed E-state index contributed by atoms with van der Waals surface area (Å²) in [7, 11) is 0. The first kappa shape index (κ1) is 13.3. The number of nitrogens with zero attached hydrogens (tertiary/aromatic N) is 1. The number of hydrogen-bond acceptors (Lipinski definition) is 3. The summed E-state index contributed by atoms with van der Waals surface area (Å²) in [5, 5.41) is -0.0314. The van der Waals surface area contributed by atoms with Gasteiger partial charge in [0.1, 0.15) is 5.02 Å². The van der Waals surface area contributed by atoms with Crippen molar-refractivity contribution in [2.45, 2.75) is 26.2 Å². The van der Waals surface area contributed by atoms with E-state index in [1.165, 1.54) is 18.9 Å². The molecule has 1 aromatic carbocycles. The smallest absolute Gasteiger partial charge is 0.169 e. The van der Waals surface area contributed by atoms with Crippen LogP contribution in [0.4, 0.5) is 21.5 Å². The average Bonchev–Trinajstić information content (AvgIpc) is 3.10. The van der Waals surface area contributed by atoms with Crippen LogP contribution in [0.3, 0.4) is 0 Å². The predicted octanol–water partition coefficient (Wildman–Crippen LogP) is 3.27. The van der Waals surface area contributed by atoms with Crippen LogP contribution in [-0.4, -0.2) is 13.1 Å². The second-order valence-electron chi connectivity index (χ2n) is 4.92. The van der Waals surface area contributed by atoms with Gasteiger partial charge >= 0.3 is 0 Å². The molecule has 0 bridgehead atoms. The summed E-state index contributed by atoms with van der Waals surface area (Å²) in [4.78, 5) is 1.99. The van der Waals surface area contributed by atoms with E-state index in [1.807, 2.05) is 4.90 Å². The van der Waals surface area contributed by atoms with Crippen LogP contribution >= 0.6 is 11.6 Å². The summed E-state index contributed by atoms with van der Waals surface area (Å²) in [6, 6.07) is 1.54. The number of nitrogen functional groups attached to an aromatic ring is 2. The highest BCUT2D eigenvalue weighted by molar-refractivity contribution is 6.33. The maximum absolute atomic E-state index is 14.2. The highest BCUT2D eigenvalue weighted by Crippen LogP contribution is 2.38. The Hall–Kier alpha value is -1.16. The molecule has 0 saturated heterocycles. The van der Waals surface area contributed by atoms with Crippen molar-refractivity contribution in [2.24, 2.45) is 5.92 Å². The van der Waals surface area contributed by atoms with E-state index in [0.717, 1.165) is 19.5 Å². The molecule has 0 amide bonds. The Morgan fingerprint density at radius 3 is 2.61 bits per heavy atom.